The second-order valence-corrected chi connectivity index (χ2v) is 7.86. The first kappa shape index (κ1) is 17.7. The number of nitrogens with zero attached hydrogens (tertiary/aromatic N) is 3. The summed E-state index contributed by atoms with van der Waals surface area (Å²) in [5.74, 6) is 1.04. The normalized spacial score (nSPS) is 22.1. The highest BCUT2D eigenvalue weighted by atomic mass is 79.9. The van der Waals surface area contributed by atoms with Gasteiger partial charge in [-0.05, 0) is 34.8 Å². The summed E-state index contributed by atoms with van der Waals surface area (Å²) >= 11 is 5.19. The van der Waals surface area contributed by atoms with E-state index in [1.54, 1.807) is 18.4 Å². The maximum atomic E-state index is 12.4. The van der Waals surface area contributed by atoms with Crippen molar-refractivity contribution in [2.45, 2.75) is 25.5 Å². The van der Waals surface area contributed by atoms with E-state index in [1.165, 1.54) is 4.88 Å². The summed E-state index contributed by atoms with van der Waals surface area (Å²) in [6, 6.07) is 2.11. The van der Waals surface area contributed by atoms with Crippen LogP contribution in [0, 0.1) is 0 Å². The van der Waals surface area contributed by atoms with E-state index in [4.69, 9.17) is 4.74 Å². The highest BCUT2D eigenvalue weighted by molar-refractivity contribution is 9.10. The summed E-state index contributed by atoms with van der Waals surface area (Å²) in [6.07, 6.45) is 1.64. The summed E-state index contributed by atoms with van der Waals surface area (Å²) in [6.45, 7) is 4.52. The highest BCUT2D eigenvalue weighted by Crippen LogP contribution is 2.19. The summed E-state index contributed by atoms with van der Waals surface area (Å²) in [4.78, 5) is 22.2. The lowest BCUT2D eigenvalue weighted by Gasteiger charge is -2.37. The maximum Gasteiger partial charge on any atom is 0.251 e. The second-order valence-electron chi connectivity index (χ2n) is 5.95. The van der Waals surface area contributed by atoms with Gasteiger partial charge in [0.15, 0.2) is 5.96 Å². The number of aliphatic imine (C=N–C) groups is 1. The summed E-state index contributed by atoms with van der Waals surface area (Å²) in [7, 11) is 1.80. The van der Waals surface area contributed by atoms with Crippen LogP contribution in [0.3, 0.4) is 0 Å². The zero-order valence-electron chi connectivity index (χ0n) is 13.8. The minimum Gasteiger partial charge on any atom is -0.368 e. The zero-order chi connectivity index (χ0) is 16.9. The lowest BCUT2D eigenvalue weighted by atomic mass is 10.2. The van der Waals surface area contributed by atoms with Gasteiger partial charge in [0.1, 0.15) is 6.10 Å². The van der Waals surface area contributed by atoms with Crippen molar-refractivity contribution in [3.63, 3.8) is 0 Å². The van der Waals surface area contributed by atoms with Crippen molar-refractivity contribution in [1.29, 1.82) is 0 Å². The molecule has 24 heavy (non-hydrogen) atoms. The van der Waals surface area contributed by atoms with Crippen LogP contribution in [0.1, 0.15) is 17.7 Å². The van der Waals surface area contributed by atoms with Crippen LogP contribution >= 0.6 is 27.3 Å². The number of hydrogen-bond donors (Lipinski definition) is 1. The van der Waals surface area contributed by atoms with Crippen LogP contribution in [0.5, 0.6) is 0 Å². The minimum atomic E-state index is -0.216. The molecule has 1 unspecified atom stereocenters. The zero-order valence-corrected chi connectivity index (χ0v) is 16.2. The topological polar surface area (TPSA) is 57.2 Å². The lowest BCUT2D eigenvalue weighted by molar-refractivity contribution is -0.142. The molecule has 2 saturated heterocycles. The number of guanidine groups is 1. The molecule has 0 aromatic carbocycles. The Bertz CT molecular complexity index is 593. The van der Waals surface area contributed by atoms with Gasteiger partial charge in [0.2, 0.25) is 0 Å². The van der Waals surface area contributed by atoms with E-state index in [0.29, 0.717) is 6.61 Å². The molecule has 6 nitrogen and oxygen atoms in total. The molecule has 1 aromatic heterocycles. The quantitative estimate of drug-likeness (QED) is 0.606. The number of rotatable bonds is 3. The number of piperazine rings is 1. The Labute approximate surface area is 155 Å². The third-order valence-corrected chi connectivity index (χ3v) is 6.05. The fourth-order valence-corrected chi connectivity index (χ4v) is 4.45. The number of thiophene rings is 1. The first-order valence-corrected chi connectivity index (χ1v) is 9.93. The van der Waals surface area contributed by atoms with Gasteiger partial charge in [-0.1, -0.05) is 0 Å². The van der Waals surface area contributed by atoms with Gasteiger partial charge in [0, 0.05) is 54.6 Å². The predicted molar refractivity (Wildman–Crippen MR) is 99.3 cm³/mol. The summed E-state index contributed by atoms with van der Waals surface area (Å²) < 4.78 is 6.62. The maximum absolute atomic E-state index is 12.4. The highest BCUT2D eigenvalue weighted by Gasteiger charge is 2.30. The minimum absolute atomic E-state index is 0.151. The van der Waals surface area contributed by atoms with Crippen LogP contribution in [0.2, 0.25) is 0 Å². The van der Waals surface area contributed by atoms with Crippen LogP contribution < -0.4 is 5.32 Å². The van der Waals surface area contributed by atoms with E-state index >= 15 is 0 Å². The van der Waals surface area contributed by atoms with E-state index < -0.39 is 0 Å². The standard InChI is InChI=1S/C16H23BrN4O2S/c1-18-16(19-10-13-9-12(17)11-24-13)21-6-4-20(5-7-21)15(22)14-3-2-8-23-14/h9,11,14H,2-8,10H2,1H3,(H,18,19). The predicted octanol–water partition coefficient (Wildman–Crippen LogP) is 1.91. The Balaban J connectivity index is 1.48. The Morgan fingerprint density at radius 2 is 2.17 bits per heavy atom. The molecule has 0 radical (unpaired) electrons. The van der Waals surface area contributed by atoms with E-state index in [0.717, 1.165) is 56.0 Å². The molecule has 8 heteroatoms. The molecule has 132 valence electrons. The molecule has 0 bridgehead atoms. The summed E-state index contributed by atoms with van der Waals surface area (Å²) in [5, 5.41) is 5.48. The lowest BCUT2D eigenvalue weighted by Crippen LogP contribution is -2.55. The second kappa shape index (κ2) is 8.31. The Hall–Kier alpha value is -1.12. The van der Waals surface area contributed by atoms with Gasteiger partial charge >= 0.3 is 0 Å². The Morgan fingerprint density at radius 1 is 1.42 bits per heavy atom. The first-order chi connectivity index (χ1) is 11.7. The average molecular weight is 415 g/mol. The Kier molecular flexibility index (Phi) is 6.13. The van der Waals surface area contributed by atoms with Crippen molar-refractivity contribution >= 4 is 39.1 Å². The number of amides is 1. The average Bonchev–Trinajstić information content (AvgIpc) is 3.27. The van der Waals surface area contributed by atoms with Crippen molar-refractivity contribution in [1.82, 2.24) is 15.1 Å². The van der Waals surface area contributed by atoms with E-state index in [-0.39, 0.29) is 12.0 Å². The number of ether oxygens (including phenoxy) is 1. The Morgan fingerprint density at radius 3 is 2.75 bits per heavy atom. The van der Waals surface area contributed by atoms with Gasteiger partial charge in [0.05, 0.1) is 6.54 Å². The molecular formula is C16H23BrN4O2S. The molecular weight excluding hydrogens is 392 g/mol. The van der Waals surface area contributed by atoms with Gasteiger partial charge < -0.3 is 19.9 Å². The molecule has 2 aliphatic rings. The van der Waals surface area contributed by atoms with Crippen LogP contribution in [-0.2, 0) is 16.1 Å². The fraction of sp³-hybridized carbons (Fsp3) is 0.625. The SMILES string of the molecule is CN=C(NCc1cc(Br)cs1)N1CCN(C(=O)C2CCCO2)CC1. The van der Waals surface area contributed by atoms with Crippen LogP contribution in [-0.4, -0.2) is 67.6 Å². The van der Waals surface area contributed by atoms with Crippen molar-refractivity contribution in [3.8, 4) is 0 Å². The molecule has 1 N–H and O–H groups in total. The van der Waals surface area contributed by atoms with Crippen molar-refractivity contribution < 1.29 is 9.53 Å². The summed E-state index contributed by atoms with van der Waals surface area (Å²) in [5.41, 5.74) is 0. The smallest absolute Gasteiger partial charge is 0.251 e. The van der Waals surface area contributed by atoms with Gasteiger partial charge in [-0.3, -0.25) is 9.79 Å². The largest absolute Gasteiger partial charge is 0.368 e. The molecule has 1 atom stereocenters. The van der Waals surface area contributed by atoms with Crippen molar-refractivity contribution in [3.05, 3.63) is 20.8 Å². The molecule has 3 heterocycles. The van der Waals surface area contributed by atoms with Crippen molar-refractivity contribution in [2.75, 3.05) is 39.8 Å². The molecule has 0 spiro atoms. The van der Waals surface area contributed by atoms with Crippen molar-refractivity contribution in [2.24, 2.45) is 4.99 Å². The van der Waals surface area contributed by atoms with Crippen LogP contribution in [0.15, 0.2) is 20.9 Å². The number of carbonyl (C=O) groups is 1. The fourth-order valence-electron chi connectivity index (χ4n) is 3.06. The number of nitrogens with one attached hydrogen (secondary N) is 1. The molecule has 0 saturated carbocycles. The first-order valence-electron chi connectivity index (χ1n) is 8.26. The third-order valence-electron chi connectivity index (χ3n) is 4.35. The van der Waals surface area contributed by atoms with Crippen LogP contribution in [0.25, 0.3) is 0 Å². The van der Waals surface area contributed by atoms with E-state index in [2.05, 4.69) is 42.6 Å². The number of halogens is 1. The van der Waals surface area contributed by atoms with Gasteiger partial charge in [0.25, 0.3) is 5.91 Å². The molecule has 3 rings (SSSR count). The number of carbonyl (C=O) groups excluding carboxylic acids is 1. The van der Waals surface area contributed by atoms with E-state index in [9.17, 15) is 4.79 Å². The van der Waals surface area contributed by atoms with Gasteiger partial charge in [-0.15, -0.1) is 11.3 Å². The molecule has 2 fully saturated rings. The van der Waals surface area contributed by atoms with Gasteiger partial charge in [-0.25, -0.2) is 0 Å². The van der Waals surface area contributed by atoms with E-state index in [1.807, 2.05) is 4.90 Å². The van der Waals surface area contributed by atoms with Gasteiger partial charge in [-0.2, -0.15) is 0 Å². The monoisotopic (exact) mass is 414 g/mol. The molecule has 2 aliphatic heterocycles. The van der Waals surface area contributed by atoms with Crippen LogP contribution in [0.4, 0.5) is 0 Å². The molecule has 0 aliphatic carbocycles. The number of hydrogen-bond acceptors (Lipinski definition) is 4. The third kappa shape index (κ3) is 4.29. The molecule has 1 aromatic rings. The molecule has 1 amide bonds.